The minimum Gasteiger partial charge on any atom is -0.303 e. The molecule has 0 radical (unpaired) electrons. The monoisotopic (exact) mass is 256 g/mol. The Morgan fingerprint density at radius 1 is 1.11 bits per heavy atom. The largest absolute Gasteiger partial charge is 0.303 e. The predicted octanol–water partition coefficient (Wildman–Crippen LogP) is 1.98. The molecule has 0 aromatic carbocycles. The van der Waals surface area contributed by atoms with Gasteiger partial charge in [0.05, 0.1) is 5.69 Å². The Labute approximate surface area is 114 Å². The smallest absolute Gasteiger partial charge is 0.0602 e. The molecule has 0 saturated carbocycles. The van der Waals surface area contributed by atoms with Gasteiger partial charge in [0.15, 0.2) is 0 Å². The van der Waals surface area contributed by atoms with Crippen LogP contribution in [0.15, 0.2) is 43.0 Å². The summed E-state index contributed by atoms with van der Waals surface area (Å²) in [6.07, 6.45) is 9.03. The van der Waals surface area contributed by atoms with Crippen LogP contribution in [0.3, 0.4) is 0 Å². The highest BCUT2D eigenvalue weighted by molar-refractivity contribution is 5.04. The van der Waals surface area contributed by atoms with Crippen LogP contribution in [0.5, 0.6) is 0 Å². The van der Waals surface area contributed by atoms with Crippen molar-refractivity contribution in [2.75, 3.05) is 13.6 Å². The van der Waals surface area contributed by atoms with Crippen molar-refractivity contribution in [2.24, 2.45) is 0 Å². The van der Waals surface area contributed by atoms with E-state index in [1.54, 1.807) is 12.4 Å². The fourth-order valence-electron chi connectivity index (χ4n) is 1.95. The number of pyridine rings is 1. The van der Waals surface area contributed by atoms with Crippen LogP contribution < -0.4 is 0 Å². The summed E-state index contributed by atoms with van der Waals surface area (Å²) in [5, 5.41) is 0. The van der Waals surface area contributed by atoms with E-state index in [9.17, 15) is 0 Å². The summed E-state index contributed by atoms with van der Waals surface area (Å²) in [7, 11) is 2.14. The van der Waals surface area contributed by atoms with Gasteiger partial charge in [0.2, 0.25) is 0 Å². The molecule has 4 heteroatoms. The zero-order chi connectivity index (χ0) is 13.5. The van der Waals surface area contributed by atoms with Crippen molar-refractivity contribution in [3.63, 3.8) is 0 Å². The van der Waals surface area contributed by atoms with Crippen molar-refractivity contribution in [1.29, 1.82) is 0 Å². The lowest BCUT2D eigenvalue weighted by Gasteiger charge is -2.24. The molecule has 1 unspecified atom stereocenters. The summed E-state index contributed by atoms with van der Waals surface area (Å²) in [6, 6.07) is 6.50. The maximum Gasteiger partial charge on any atom is 0.0602 e. The molecule has 4 nitrogen and oxygen atoms in total. The third-order valence-electron chi connectivity index (χ3n) is 3.32. The number of hydrogen-bond acceptors (Lipinski definition) is 4. The molecule has 0 aliphatic heterocycles. The van der Waals surface area contributed by atoms with Crippen LogP contribution in [0.1, 0.15) is 18.3 Å². The molecule has 2 rings (SSSR count). The van der Waals surface area contributed by atoms with E-state index in [1.807, 2.05) is 24.5 Å². The minimum absolute atomic E-state index is 0.445. The molecule has 0 saturated heterocycles. The molecule has 0 fully saturated rings. The van der Waals surface area contributed by atoms with Gasteiger partial charge in [-0.3, -0.25) is 15.0 Å². The topological polar surface area (TPSA) is 41.9 Å². The number of aromatic nitrogens is 3. The first-order valence-corrected chi connectivity index (χ1v) is 6.61. The molecule has 0 spiro atoms. The van der Waals surface area contributed by atoms with E-state index in [1.165, 1.54) is 0 Å². The lowest BCUT2D eigenvalue weighted by atomic mass is 10.1. The summed E-state index contributed by atoms with van der Waals surface area (Å²) in [5.41, 5.74) is 2.18. The molecule has 100 valence electrons. The SMILES string of the molecule is CC(Cc1cnccn1)N(C)CCc1ccccn1. The number of hydrogen-bond donors (Lipinski definition) is 0. The highest BCUT2D eigenvalue weighted by atomic mass is 15.1. The molecule has 2 heterocycles. The maximum atomic E-state index is 4.35. The van der Waals surface area contributed by atoms with Crippen LogP contribution in [0.25, 0.3) is 0 Å². The summed E-state index contributed by atoms with van der Waals surface area (Å²) < 4.78 is 0. The molecule has 0 aliphatic carbocycles. The van der Waals surface area contributed by atoms with Crippen molar-refractivity contribution in [3.05, 3.63) is 54.4 Å². The van der Waals surface area contributed by atoms with Gasteiger partial charge in [0, 0.05) is 55.9 Å². The summed E-state index contributed by atoms with van der Waals surface area (Å²) in [6.45, 7) is 3.21. The zero-order valence-corrected chi connectivity index (χ0v) is 11.5. The molecule has 2 aromatic rings. The molecule has 2 aromatic heterocycles. The quantitative estimate of drug-likeness (QED) is 0.792. The van der Waals surface area contributed by atoms with Gasteiger partial charge in [0.1, 0.15) is 0 Å². The normalized spacial score (nSPS) is 12.6. The van der Waals surface area contributed by atoms with Gasteiger partial charge in [-0.1, -0.05) is 6.07 Å². The fraction of sp³-hybridized carbons (Fsp3) is 0.400. The average Bonchev–Trinajstić information content (AvgIpc) is 2.47. The van der Waals surface area contributed by atoms with E-state index < -0.39 is 0 Å². The standard InChI is InChI=1S/C15H20N4/c1-13(11-15-12-16-8-9-18-15)19(2)10-6-14-5-3-4-7-17-14/h3-5,7-9,12-13H,6,10-11H2,1-2H3. The Balaban J connectivity index is 1.81. The molecule has 0 amide bonds. The highest BCUT2D eigenvalue weighted by Crippen LogP contribution is 2.05. The Kier molecular flexibility index (Phi) is 4.98. The molecular weight excluding hydrogens is 236 g/mol. The van der Waals surface area contributed by atoms with Crippen LogP contribution >= 0.6 is 0 Å². The van der Waals surface area contributed by atoms with E-state index in [4.69, 9.17) is 0 Å². The van der Waals surface area contributed by atoms with Crippen LogP contribution in [0.2, 0.25) is 0 Å². The summed E-state index contributed by atoms with van der Waals surface area (Å²) in [5.74, 6) is 0. The van der Waals surface area contributed by atoms with Crippen molar-refractivity contribution in [3.8, 4) is 0 Å². The minimum atomic E-state index is 0.445. The van der Waals surface area contributed by atoms with Crippen LogP contribution in [-0.4, -0.2) is 39.5 Å². The van der Waals surface area contributed by atoms with Crippen LogP contribution in [0, 0.1) is 0 Å². The first-order chi connectivity index (χ1) is 9.25. The van der Waals surface area contributed by atoms with Crippen molar-refractivity contribution >= 4 is 0 Å². The first kappa shape index (κ1) is 13.6. The van der Waals surface area contributed by atoms with Gasteiger partial charge in [-0.2, -0.15) is 0 Å². The van der Waals surface area contributed by atoms with E-state index >= 15 is 0 Å². The third kappa shape index (κ3) is 4.41. The van der Waals surface area contributed by atoms with Gasteiger partial charge in [-0.15, -0.1) is 0 Å². The lowest BCUT2D eigenvalue weighted by molar-refractivity contribution is 0.257. The van der Waals surface area contributed by atoms with Crippen molar-refractivity contribution in [2.45, 2.75) is 25.8 Å². The second-order valence-corrected chi connectivity index (χ2v) is 4.80. The van der Waals surface area contributed by atoms with Gasteiger partial charge in [-0.25, -0.2) is 0 Å². The highest BCUT2D eigenvalue weighted by Gasteiger charge is 2.10. The van der Waals surface area contributed by atoms with E-state index in [0.717, 1.165) is 30.8 Å². The molecule has 1 atom stereocenters. The molecule has 19 heavy (non-hydrogen) atoms. The summed E-state index contributed by atoms with van der Waals surface area (Å²) >= 11 is 0. The molecule has 0 N–H and O–H groups in total. The zero-order valence-electron chi connectivity index (χ0n) is 11.5. The molecule has 0 bridgehead atoms. The number of likely N-dealkylation sites (N-methyl/N-ethyl adjacent to an activating group) is 1. The van der Waals surface area contributed by atoms with E-state index in [2.05, 4.69) is 39.9 Å². The Bertz CT molecular complexity index is 472. The van der Waals surface area contributed by atoms with Gasteiger partial charge >= 0.3 is 0 Å². The van der Waals surface area contributed by atoms with Gasteiger partial charge < -0.3 is 4.90 Å². The Morgan fingerprint density at radius 3 is 2.63 bits per heavy atom. The maximum absolute atomic E-state index is 4.35. The second kappa shape index (κ2) is 6.95. The molecular formula is C15H20N4. The fourth-order valence-corrected chi connectivity index (χ4v) is 1.95. The van der Waals surface area contributed by atoms with Crippen molar-refractivity contribution < 1.29 is 0 Å². The van der Waals surface area contributed by atoms with Crippen LogP contribution in [-0.2, 0) is 12.8 Å². The van der Waals surface area contributed by atoms with Crippen molar-refractivity contribution in [1.82, 2.24) is 19.9 Å². The second-order valence-electron chi connectivity index (χ2n) is 4.80. The van der Waals surface area contributed by atoms with Gasteiger partial charge in [-0.05, 0) is 26.1 Å². The molecule has 0 aliphatic rings. The lowest BCUT2D eigenvalue weighted by Crippen LogP contribution is -2.33. The average molecular weight is 256 g/mol. The van der Waals surface area contributed by atoms with E-state index in [0.29, 0.717) is 6.04 Å². The number of nitrogens with zero attached hydrogens (tertiary/aromatic N) is 4. The first-order valence-electron chi connectivity index (χ1n) is 6.61. The van der Waals surface area contributed by atoms with Gasteiger partial charge in [0.25, 0.3) is 0 Å². The Hall–Kier alpha value is -1.81. The Morgan fingerprint density at radius 2 is 1.95 bits per heavy atom. The number of rotatable bonds is 6. The summed E-state index contributed by atoms with van der Waals surface area (Å²) in [4.78, 5) is 15.1. The van der Waals surface area contributed by atoms with Crippen LogP contribution in [0.4, 0.5) is 0 Å². The predicted molar refractivity (Wildman–Crippen MR) is 75.8 cm³/mol. The third-order valence-corrected chi connectivity index (χ3v) is 3.32. The van der Waals surface area contributed by atoms with E-state index in [-0.39, 0.29) is 0 Å².